The van der Waals surface area contributed by atoms with Gasteiger partial charge >= 0.3 is 7.69 Å². The lowest BCUT2D eigenvalue weighted by atomic mass is 10.2. The molecule has 3 nitrogen and oxygen atoms in total. The van der Waals surface area contributed by atoms with Crippen molar-refractivity contribution in [2.24, 2.45) is 5.73 Å². The second kappa shape index (κ2) is 7.53. The van der Waals surface area contributed by atoms with Gasteiger partial charge in [-0.2, -0.15) is 0 Å². The summed E-state index contributed by atoms with van der Waals surface area (Å²) in [5.74, 6) is 0. The van der Waals surface area contributed by atoms with Crippen molar-refractivity contribution in [3.63, 3.8) is 0 Å². The van der Waals surface area contributed by atoms with Crippen LogP contribution in [0.3, 0.4) is 0 Å². The number of hydrogen-bond acceptors (Lipinski definition) is 3. The average Bonchev–Trinajstić information content (AvgIpc) is 1.89. The topological polar surface area (TPSA) is 55.5 Å². The zero-order valence-electron chi connectivity index (χ0n) is 5.79. The second-order valence-electron chi connectivity index (χ2n) is 1.96. The molecular weight excluding hydrogens is 197 g/mol. The molecule has 1 radical (unpaired) electrons. The molecule has 0 aromatic carbocycles. The van der Waals surface area contributed by atoms with E-state index in [1.165, 1.54) is 0 Å². The molecule has 0 spiro atoms. The lowest BCUT2D eigenvalue weighted by molar-refractivity contribution is 0.177. The van der Waals surface area contributed by atoms with E-state index in [0.717, 1.165) is 24.6 Å². The second-order valence-corrected chi connectivity index (χ2v) is 2.76. The summed E-state index contributed by atoms with van der Waals surface area (Å²) in [6, 6.07) is 0. The van der Waals surface area contributed by atoms with E-state index in [1.54, 1.807) is 0 Å². The minimum absolute atomic E-state index is 0.357. The SMILES string of the molecule is N[C@@H](CCCCBr)O[B]O. The monoisotopic (exact) mass is 208 g/mol. The highest BCUT2D eigenvalue weighted by Crippen LogP contribution is 2.01. The summed E-state index contributed by atoms with van der Waals surface area (Å²) in [6.45, 7) is 0. The van der Waals surface area contributed by atoms with E-state index in [9.17, 15) is 0 Å². The van der Waals surface area contributed by atoms with Crippen molar-refractivity contribution in [2.75, 3.05) is 5.33 Å². The summed E-state index contributed by atoms with van der Waals surface area (Å²) in [5, 5.41) is 9.15. The highest BCUT2D eigenvalue weighted by molar-refractivity contribution is 9.09. The van der Waals surface area contributed by atoms with E-state index in [4.69, 9.17) is 10.8 Å². The predicted molar refractivity (Wildman–Crippen MR) is 44.7 cm³/mol. The van der Waals surface area contributed by atoms with Crippen LogP contribution < -0.4 is 5.73 Å². The Balaban J connectivity index is 2.97. The number of alkyl halides is 1. The molecule has 10 heavy (non-hydrogen) atoms. The maximum absolute atomic E-state index is 8.16. The summed E-state index contributed by atoms with van der Waals surface area (Å²) in [6.07, 6.45) is 2.52. The summed E-state index contributed by atoms with van der Waals surface area (Å²) in [5.41, 5.74) is 5.40. The quantitative estimate of drug-likeness (QED) is 0.287. The molecule has 0 aromatic heterocycles. The molecule has 0 amide bonds. The molecule has 0 saturated heterocycles. The first-order valence-corrected chi connectivity index (χ1v) is 4.36. The molecule has 1 atom stereocenters. The van der Waals surface area contributed by atoms with Gasteiger partial charge in [-0.3, -0.25) is 0 Å². The van der Waals surface area contributed by atoms with Crippen molar-refractivity contribution in [1.82, 2.24) is 0 Å². The number of rotatable bonds is 6. The van der Waals surface area contributed by atoms with Gasteiger partial charge in [0.1, 0.15) is 0 Å². The number of hydrogen-bond donors (Lipinski definition) is 2. The molecule has 0 heterocycles. The Morgan fingerprint density at radius 3 is 2.80 bits per heavy atom. The van der Waals surface area contributed by atoms with Crippen LogP contribution in [0.25, 0.3) is 0 Å². The molecule has 0 aliphatic carbocycles. The van der Waals surface area contributed by atoms with Gasteiger partial charge in [0.05, 0.1) is 6.23 Å². The average molecular weight is 209 g/mol. The van der Waals surface area contributed by atoms with Crippen LogP contribution in [0.15, 0.2) is 0 Å². The maximum Gasteiger partial charge on any atom is 0.486 e. The van der Waals surface area contributed by atoms with E-state index < -0.39 is 0 Å². The summed E-state index contributed by atoms with van der Waals surface area (Å²) >= 11 is 3.30. The minimum Gasteiger partial charge on any atom is -0.429 e. The molecule has 0 aromatic rings. The molecule has 0 fully saturated rings. The van der Waals surface area contributed by atoms with Gasteiger partial charge in [0.25, 0.3) is 0 Å². The van der Waals surface area contributed by atoms with Crippen molar-refractivity contribution in [3.8, 4) is 0 Å². The largest absolute Gasteiger partial charge is 0.486 e. The normalized spacial score (nSPS) is 13.1. The molecule has 59 valence electrons. The molecular formula is C5H12BBrNO2. The van der Waals surface area contributed by atoms with Crippen molar-refractivity contribution in [3.05, 3.63) is 0 Å². The first-order valence-electron chi connectivity index (χ1n) is 3.24. The van der Waals surface area contributed by atoms with E-state index in [1.807, 2.05) is 0 Å². The number of unbranched alkanes of at least 4 members (excludes halogenated alkanes) is 1. The number of halogens is 1. The minimum atomic E-state index is -0.357. The first-order chi connectivity index (χ1) is 4.81. The smallest absolute Gasteiger partial charge is 0.429 e. The van der Waals surface area contributed by atoms with E-state index >= 15 is 0 Å². The van der Waals surface area contributed by atoms with Crippen LogP contribution in [0.1, 0.15) is 19.3 Å². The highest BCUT2D eigenvalue weighted by Gasteiger charge is 2.00. The molecule has 0 rings (SSSR count). The van der Waals surface area contributed by atoms with Crippen LogP contribution in [0.5, 0.6) is 0 Å². The lowest BCUT2D eigenvalue weighted by Crippen LogP contribution is -2.25. The molecule has 0 bridgehead atoms. The third-order valence-corrected chi connectivity index (χ3v) is 1.67. The Kier molecular flexibility index (Phi) is 7.85. The summed E-state index contributed by atoms with van der Waals surface area (Å²) in [4.78, 5) is 0. The summed E-state index contributed by atoms with van der Waals surface area (Å²) < 4.78 is 4.58. The van der Waals surface area contributed by atoms with Gasteiger partial charge < -0.3 is 15.4 Å². The third kappa shape index (κ3) is 6.54. The van der Waals surface area contributed by atoms with Crippen LogP contribution in [0, 0.1) is 0 Å². The van der Waals surface area contributed by atoms with Gasteiger partial charge in [-0.1, -0.05) is 15.9 Å². The van der Waals surface area contributed by atoms with Crippen LogP contribution in [0.2, 0.25) is 0 Å². The van der Waals surface area contributed by atoms with Crippen molar-refractivity contribution >= 4 is 23.6 Å². The van der Waals surface area contributed by atoms with Crippen LogP contribution in [-0.4, -0.2) is 24.3 Å². The van der Waals surface area contributed by atoms with E-state index in [2.05, 4.69) is 20.6 Å². The van der Waals surface area contributed by atoms with Gasteiger partial charge in [-0.25, -0.2) is 0 Å². The van der Waals surface area contributed by atoms with Gasteiger partial charge in [0.15, 0.2) is 0 Å². The van der Waals surface area contributed by atoms with Crippen LogP contribution >= 0.6 is 15.9 Å². The van der Waals surface area contributed by atoms with E-state index in [0.29, 0.717) is 7.69 Å². The van der Waals surface area contributed by atoms with Gasteiger partial charge in [-0.05, 0) is 19.3 Å². The van der Waals surface area contributed by atoms with Crippen LogP contribution in [-0.2, 0) is 4.65 Å². The van der Waals surface area contributed by atoms with Crippen LogP contribution in [0.4, 0.5) is 0 Å². The zero-order valence-corrected chi connectivity index (χ0v) is 7.38. The summed E-state index contributed by atoms with van der Waals surface area (Å²) in [7, 11) is 0.638. The number of nitrogens with two attached hydrogens (primary N) is 1. The Labute approximate surface area is 70.4 Å². The fourth-order valence-electron chi connectivity index (χ4n) is 0.586. The van der Waals surface area contributed by atoms with Gasteiger partial charge in [-0.15, -0.1) is 0 Å². The Hall–Kier alpha value is 0.425. The fourth-order valence-corrected chi connectivity index (χ4v) is 0.983. The Morgan fingerprint density at radius 1 is 1.60 bits per heavy atom. The van der Waals surface area contributed by atoms with E-state index in [-0.39, 0.29) is 6.23 Å². The van der Waals surface area contributed by atoms with Crippen molar-refractivity contribution < 1.29 is 9.68 Å². The Bertz CT molecular complexity index is 76.7. The van der Waals surface area contributed by atoms with Crippen molar-refractivity contribution in [2.45, 2.75) is 25.5 Å². The predicted octanol–water partition coefficient (Wildman–Crippen LogP) is 0.379. The lowest BCUT2D eigenvalue weighted by Gasteiger charge is -2.08. The fraction of sp³-hybridized carbons (Fsp3) is 1.00. The first kappa shape index (κ1) is 10.4. The molecule has 0 aliphatic heterocycles. The standard InChI is InChI=1S/C5H12BBrNO2/c7-4-2-1-3-5(8)10-6-9/h5,9H,1-4,8H2/t5-/m1/s1. The highest BCUT2D eigenvalue weighted by atomic mass is 79.9. The molecule has 3 N–H and O–H groups in total. The zero-order chi connectivity index (χ0) is 7.82. The van der Waals surface area contributed by atoms with Crippen molar-refractivity contribution in [1.29, 1.82) is 0 Å². The molecule has 0 saturated carbocycles. The maximum atomic E-state index is 8.16. The molecule has 0 aliphatic rings. The van der Waals surface area contributed by atoms with Gasteiger partial charge in [0, 0.05) is 5.33 Å². The molecule has 5 heteroatoms. The Morgan fingerprint density at radius 2 is 2.30 bits per heavy atom. The molecule has 0 unspecified atom stereocenters. The third-order valence-electron chi connectivity index (χ3n) is 1.11. The van der Waals surface area contributed by atoms with Gasteiger partial charge in [0.2, 0.25) is 0 Å².